The monoisotopic (exact) mass is 303 g/mol. The first-order chi connectivity index (χ1) is 11.2. The summed E-state index contributed by atoms with van der Waals surface area (Å²) in [5.74, 6) is 0.0367. The molecule has 0 atom stereocenters. The van der Waals surface area contributed by atoms with Crippen LogP contribution in [0.2, 0.25) is 0 Å². The Morgan fingerprint density at radius 1 is 1.13 bits per heavy atom. The van der Waals surface area contributed by atoms with Crippen molar-refractivity contribution < 1.29 is 5.11 Å². The SMILES string of the molecule is N#Cc1cc2c(cc1O)cc(-c1ccc(N)cc1)n2C1CCC1. The Morgan fingerprint density at radius 3 is 2.48 bits per heavy atom. The van der Waals surface area contributed by atoms with Gasteiger partial charge < -0.3 is 15.4 Å². The molecule has 4 rings (SSSR count). The number of benzene rings is 2. The van der Waals surface area contributed by atoms with Crippen molar-refractivity contribution in [2.75, 3.05) is 5.73 Å². The standard InChI is InChI=1S/C19H17N3O/c20-11-14-9-18-13(10-19(14)23)8-17(22(18)16-2-1-3-16)12-4-6-15(21)7-5-12/h4-10,16,23H,1-3,21H2. The molecular weight excluding hydrogens is 286 g/mol. The number of nitriles is 1. The van der Waals surface area contributed by atoms with Crippen molar-refractivity contribution in [1.82, 2.24) is 4.57 Å². The minimum Gasteiger partial charge on any atom is -0.507 e. The van der Waals surface area contributed by atoms with Gasteiger partial charge in [-0.15, -0.1) is 0 Å². The Kier molecular flexibility index (Phi) is 3.02. The number of phenolic OH excluding ortho intramolecular Hbond substituents is 1. The third-order valence-corrected chi connectivity index (χ3v) is 4.72. The lowest BCUT2D eigenvalue weighted by Gasteiger charge is -2.30. The van der Waals surface area contributed by atoms with Crippen LogP contribution in [0.15, 0.2) is 42.5 Å². The maximum Gasteiger partial charge on any atom is 0.134 e. The van der Waals surface area contributed by atoms with Crippen LogP contribution in [0.5, 0.6) is 5.75 Å². The maximum absolute atomic E-state index is 9.98. The van der Waals surface area contributed by atoms with Gasteiger partial charge in [0.05, 0.1) is 11.1 Å². The summed E-state index contributed by atoms with van der Waals surface area (Å²) in [7, 11) is 0. The smallest absolute Gasteiger partial charge is 0.134 e. The van der Waals surface area contributed by atoms with Crippen LogP contribution < -0.4 is 5.73 Å². The number of hydrogen-bond acceptors (Lipinski definition) is 3. The van der Waals surface area contributed by atoms with Crippen molar-refractivity contribution in [1.29, 1.82) is 5.26 Å². The van der Waals surface area contributed by atoms with E-state index in [1.807, 2.05) is 24.3 Å². The van der Waals surface area contributed by atoms with E-state index in [9.17, 15) is 10.4 Å². The van der Waals surface area contributed by atoms with Crippen molar-refractivity contribution in [2.24, 2.45) is 0 Å². The number of nitrogens with two attached hydrogens (primary N) is 1. The van der Waals surface area contributed by atoms with E-state index in [0.717, 1.165) is 40.7 Å². The second kappa shape index (κ2) is 5.06. The lowest BCUT2D eigenvalue weighted by molar-refractivity contribution is 0.324. The van der Waals surface area contributed by atoms with Gasteiger partial charge in [-0.1, -0.05) is 12.1 Å². The molecule has 1 aliphatic rings. The molecule has 1 aliphatic carbocycles. The average Bonchev–Trinajstić information content (AvgIpc) is 2.84. The van der Waals surface area contributed by atoms with Gasteiger partial charge >= 0.3 is 0 Å². The van der Waals surface area contributed by atoms with E-state index in [1.54, 1.807) is 12.1 Å². The van der Waals surface area contributed by atoms with Crippen molar-refractivity contribution >= 4 is 16.6 Å². The first kappa shape index (κ1) is 13.7. The zero-order valence-electron chi connectivity index (χ0n) is 12.7. The number of nitrogen functional groups attached to an aromatic ring is 1. The molecule has 4 heteroatoms. The first-order valence-electron chi connectivity index (χ1n) is 7.81. The maximum atomic E-state index is 9.98. The molecule has 0 saturated heterocycles. The van der Waals surface area contributed by atoms with Gasteiger partial charge in [0.15, 0.2) is 0 Å². The predicted octanol–water partition coefficient (Wildman–Crippen LogP) is 4.19. The Bertz CT molecular complexity index is 928. The van der Waals surface area contributed by atoms with Gasteiger partial charge in [-0.3, -0.25) is 0 Å². The van der Waals surface area contributed by atoms with E-state index in [4.69, 9.17) is 5.73 Å². The second-order valence-electron chi connectivity index (χ2n) is 6.15. The summed E-state index contributed by atoms with van der Waals surface area (Å²) >= 11 is 0. The van der Waals surface area contributed by atoms with Gasteiger partial charge in [-0.05, 0) is 55.2 Å². The fraction of sp³-hybridized carbons (Fsp3) is 0.211. The Hall–Kier alpha value is -2.93. The van der Waals surface area contributed by atoms with Crippen LogP contribution in [-0.2, 0) is 0 Å². The summed E-state index contributed by atoms with van der Waals surface area (Å²) in [5, 5.41) is 20.1. The molecular formula is C19H17N3O. The first-order valence-corrected chi connectivity index (χ1v) is 7.81. The molecule has 1 aromatic heterocycles. The molecule has 0 unspecified atom stereocenters. The van der Waals surface area contributed by atoms with Crippen LogP contribution in [-0.4, -0.2) is 9.67 Å². The van der Waals surface area contributed by atoms with Gasteiger partial charge in [-0.2, -0.15) is 5.26 Å². The van der Waals surface area contributed by atoms with Crippen molar-refractivity contribution in [3.8, 4) is 23.1 Å². The zero-order valence-corrected chi connectivity index (χ0v) is 12.7. The van der Waals surface area contributed by atoms with Crippen molar-refractivity contribution in [2.45, 2.75) is 25.3 Å². The number of anilines is 1. The molecule has 1 heterocycles. The third kappa shape index (κ3) is 2.13. The normalized spacial score (nSPS) is 14.6. The third-order valence-electron chi connectivity index (χ3n) is 4.72. The molecule has 0 amide bonds. The Morgan fingerprint density at radius 2 is 1.87 bits per heavy atom. The number of phenols is 1. The van der Waals surface area contributed by atoms with E-state index < -0.39 is 0 Å². The summed E-state index contributed by atoms with van der Waals surface area (Å²) in [6, 6.07) is 15.9. The number of aromatic nitrogens is 1. The highest BCUT2D eigenvalue weighted by atomic mass is 16.3. The van der Waals surface area contributed by atoms with E-state index in [-0.39, 0.29) is 5.75 Å². The second-order valence-corrected chi connectivity index (χ2v) is 6.15. The van der Waals surface area contributed by atoms with Gasteiger partial charge in [0, 0.05) is 22.8 Å². The average molecular weight is 303 g/mol. The summed E-state index contributed by atoms with van der Waals surface area (Å²) in [6.07, 6.45) is 3.53. The highest BCUT2D eigenvalue weighted by Crippen LogP contribution is 2.41. The van der Waals surface area contributed by atoms with Gasteiger partial charge in [-0.25, -0.2) is 0 Å². The van der Waals surface area contributed by atoms with Gasteiger partial charge in [0.1, 0.15) is 11.8 Å². The Balaban J connectivity index is 1.99. The molecule has 0 radical (unpaired) electrons. The largest absolute Gasteiger partial charge is 0.507 e. The van der Waals surface area contributed by atoms with Crippen LogP contribution in [0.4, 0.5) is 5.69 Å². The minimum atomic E-state index is 0.0367. The van der Waals surface area contributed by atoms with Crippen LogP contribution >= 0.6 is 0 Å². The molecule has 2 aromatic carbocycles. The molecule has 0 spiro atoms. The highest BCUT2D eigenvalue weighted by molar-refractivity contribution is 5.90. The van der Waals surface area contributed by atoms with Gasteiger partial charge in [0.2, 0.25) is 0 Å². The van der Waals surface area contributed by atoms with E-state index >= 15 is 0 Å². The quantitative estimate of drug-likeness (QED) is 0.697. The van der Waals surface area contributed by atoms with Crippen LogP contribution in [0.3, 0.4) is 0 Å². The summed E-state index contributed by atoms with van der Waals surface area (Å²) < 4.78 is 2.31. The number of aromatic hydroxyl groups is 1. The van der Waals surface area contributed by atoms with Crippen molar-refractivity contribution in [3.63, 3.8) is 0 Å². The van der Waals surface area contributed by atoms with Crippen molar-refractivity contribution in [3.05, 3.63) is 48.0 Å². The minimum absolute atomic E-state index is 0.0367. The molecule has 1 fully saturated rings. The molecule has 114 valence electrons. The van der Waals surface area contributed by atoms with E-state index in [0.29, 0.717) is 11.6 Å². The number of rotatable bonds is 2. The number of hydrogen-bond donors (Lipinski definition) is 2. The molecule has 23 heavy (non-hydrogen) atoms. The van der Waals surface area contributed by atoms with Crippen LogP contribution in [0.25, 0.3) is 22.2 Å². The van der Waals surface area contributed by atoms with E-state index in [2.05, 4.69) is 16.7 Å². The predicted molar refractivity (Wildman–Crippen MR) is 91.1 cm³/mol. The molecule has 4 nitrogen and oxygen atoms in total. The lowest BCUT2D eigenvalue weighted by atomic mass is 9.92. The molecule has 0 aliphatic heterocycles. The molecule has 0 bridgehead atoms. The van der Waals surface area contributed by atoms with E-state index in [1.165, 1.54) is 6.42 Å². The Labute approximate surface area is 134 Å². The van der Waals surface area contributed by atoms with Crippen LogP contribution in [0, 0.1) is 11.3 Å². The molecule has 3 aromatic rings. The number of nitrogens with zero attached hydrogens (tertiary/aromatic N) is 2. The highest BCUT2D eigenvalue weighted by Gasteiger charge is 2.24. The fourth-order valence-electron chi connectivity index (χ4n) is 3.27. The van der Waals surface area contributed by atoms with Crippen LogP contribution in [0.1, 0.15) is 30.9 Å². The summed E-state index contributed by atoms with van der Waals surface area (Å²) in [4.78, 5) is 0. The zero-order chi connectivity index (χ0) is 16.0. The van der Waals surface area contributed by atoms with Gasteiger partial charge in [0.25, 0.3) is 0 Å². The molecule has 3 N–H and O–H groups in total. The summed E-state index contributed by atoms with van der Waals surface area (Å²) in [6.45, 7) is 0. The number of fused-ring (bicyclic) bond motifs is 1. The molecule has 1 saturated carbocycles. The topological polar surface area (TPSA) is 75.0 Å². The lowest BCUT2D eigenvalue weighted by Crippen LogP contribution is -2.17. The fourth-order valence-corrected chi connectivity index (χ4v) is 3.27. The summed E-state index contributed by atoms with van der Waals surface area (Å²) in [5.41, 5.74) is 10.1.